The Morgan fingerprint density at radius 1 is 1.05 bits per heavy atom. The van der Waals surface area contributed by atoms with Gasteiger partial charge in [0.2, 0.25) is 0 Å². The van der Waals surface area contributed by atoms with E-state index in [1.54, 1.807) is 6.33 Å². The third kappa shape index (κ3) is 5.68. The van der Waals surface area contributed by atoms with Gasteiger partial charge < -0.3 is 10.6 Å². The van der Waals surface area contributed by atoms with Crippen LogP contribution in [0.25, 0.3) is 0 Å². The Morgan fingerprint density at radius 3 is 2.32 bits per heavy atom. The molecular formula is C14H26N4S. The van der Waals surface area contributed by atoms with E-state index in [1.807, 2.05) is 11.8 Å². The second kappa shape index (κ2) is 9.89. The monoisotopic (exact) mass is 282 g/mol. The second-order valence-electron chi connectivity index (χ2n) is 4.50. The molecule has 0 amide bonds. The average Bonchev–Trinajstić information content (AvgIpc) is 2.43. The van der Waals surface area contributed by atoms with Crippen molar-refractivity contribution < 1.29 is 0 Å². The maximum absolute atomic E-state index is 4.39. The Bertz CT molecular complexity index is 357. The molecule has 0 aliphatic heterocycles. The smallest absolute Gasteiger partial charge is 0.134 e. The van der Waals surface area contributed by atoms with Gasteiger partial charge in [-0.25, -0.2) is 9.97 Å². The zero-order valence-corrected chi connectivity index (χ0v) is 13.1. The molecule has 0 saturated carbocycles. The minimum atomic E-state index is 0.958. The van der Waals surface area contributed by atoms with E-state index in [2.05, 4.69) is 40.7 Å². The van der Waals surface area contributed by atoms with E-state index in [0.717, 1.165) is 50.4 Å². The van der Waals surface area contributed by atoms with Gasteiger partial charge in [0, 0.05) is 18.7 Å². The molecule has 1 rings (SSSR count). The summed E-state index contributed by atoms with van der Waals surface area (Å²) in [5.41, 5.74) is 1.22. The van der Waals surface area contributed by atoms with E-state index >= 15 is 0 Å². The Kier molecular flexibility index (Phi) is 8.38. The maximum atomic E-state index is 4.39. The SMILES string of the molecule is CCCNc1ncnc(NCCCSC)c1CCC. The van der Waals surface area contributed by atoms with Crippen molar-refractivity contribution in [3.05, 3.63) is 11.9 Å². The minimum Gasteiger partial charge on any atom is -0.370 e. The Labute approximate surface area is 121 Å². The lowest BCUT2D eigenvalue weighted by Crippen LogP contribution is -2.12. The van der Waals surface area contributed by atoms with Crippen molar-refractivity contribution in [2.75, 3.05) is 35.7 Å². The third-order valence-corrected chi connectivity index (χ3v) is 3.50. The van der Waals surface area contributed by atoms with Gasteiger partial charge >= 0.3 is 0 Å². The van der Waals surface area contributed by atoms with Gasteiger partial charge in [-0.05, 0) is 31.3 Å². The quantitative estimate of drug-likeness (QED) is 0.644. The third-order valence-electron chi connectivity index (χ3n) is 2.81. The van der Waals surface area contributed by atoms with Crippen molar-refractivity contribution in [1.29, 1.82) is 0 Å². The van der Waals surface area contributed by atoms with Gasteiger partial charge in [0.05, 0.1) is 0 Å². The molecule has 0 fully saturated rings. The summed E-state index contributed by atoms with van der Waals surface area (Å²) in [7, 11) is 0. The molecule has 5 heteroatoms. The van der Waals surface area contributed by atoms with Crippen molar-refractivity contribution in [3.63, 3.8) is 0 Å². The van der Waals surface area contributed by atoms with Gasteiger partial charge in [-0.2, -0.15) is 11.8 Å². The van der Waals surface area contributed by atoms with E-state index < -0.39 is 0 Å². The number of rotatable bonds is 10. The molecule has 1 heterocycles. The molecule has 4 nitrogen and oxygen atoms in total. The topological polar surface area (TPSA) is 49.8 Å². The second-order valence-corrected chi connectivity index (χ2v) is 5.48. The first kappa shape index (κ1) is 16.1. The van der Waals surface area contributed by atoms with Crippen LogP contribution < -0.4 is 10.6 Å². The zero-order valence-electron chi connectivity index (χ0n) is 12.3. The molecular weight excluding hydrogens is 256 g/mol. The van der Waals surface area contributed by atoms with E-state index in [9.17, 15) is 0 Å². The van der Waals surface area contributed by atoms with Crippen LogP contribution >= 0.6 is 11.8 Å². The molecule has 0 bridgehead atoms. The molecule has 0 unspecified atom stereocenters. The van der Waals surface area contributed by atoms with E-state index in [0.29, 0.717) is 0 Å². The first-order valence-corrected chi connectivity index (χ1v) is 8.53. The van der Waals surface area contributed by atoms with Gasteiger partial charge in [0.1, 0.15) is 18.0 Å². The van der Waals surface area contributed by atoms with Crippen LogP contribution in [0, 0.1) is 0 Å². The first-order valence-electron chi connectivity index (χ1n) is 7.14. The van der Waals surface area contributed by atoms with Gasteiger partial charge in [-0.15, -0.1) is 0 Å². The van der Waals surface area contributed by atoms with Gasteiger partial charge in [-0.1, -0.05) is 20.3 Å². The maximum Gasteiger partial charge on any atom is 0.134 e. The van der Waals surface area contributed by atoms with E-state index in [1.165, 1.54) is 11.3 Å². The summed E-state index contributed by atoms with van der Waals surface area (Å²) in [6.07, 6.45) is 8.17. The van der Waals surface area contributed by atoms with Gasteiger partial charge in [0.25, 0.3) is 0 Å². The summed E-state index contributed by atoms with van der Waals surface area (Å²) < 4.78 is 0. The highest BCUT2D eigenvalue weighted by Gasteiger charge is 2.09. The fraction of sp³-hybridized carbons (Fsp3) is 0.714. The summed E-state index contributed by atoms with van der Waals surface area (Å²) in [5.74, 6) is 3.17. The highest BCUT2D eigenvalue weighted by Crippen LogP contribution is 2.21. The van der Waals surface area contributed by atoms with Gasteiger partial charge in [-0.3, -0.25) is 0 Å². The fourth-order valence-corrected chi connectivity index (χ4v) is 2.30. The van der Waals surface area contributed by atoms with E-state index in [-0.39, 0.29) is 0 Å². The van der Waals surface area contributed by atoms with Crippen LogP contribution in [0.5, 0.6) is 0 Å². The van der Waals surface area contributed by atoms with Crippen molar-refractivity contribution in [2.24, 2.45) is 0 Å². The summed E-state index contributed by atoms with van der Waals surface area (Å²) >= 11 is 1.88. The number of aromatic nitrogens is 2. The normalized spacial score (nSPS) is 10.5. The molecule has 0 radical (unpaired) electrons. The van der Waals surface area contributed by atoms with Crippen molar-refractivity contribution in [1.82, 2.24) is 9.97 Å². The first-order chi connectivity index (χ1) is 9.33. The molecule has 108 valence electrons. The molecule has 0 aliphatic carbocycles. The standard InChI is InChI=1S/C14H26N4S/c1-4-7-12-13(15-8-5-2)17-11-18-14(12)16-9-6-10-19-3/h11H,4-10H2,1-3H3,(H2,15,16,17,18). The predicted octanol–water partition coefficient (Wildman–Crippen LogP) is 3.42. The van der Waals surface area contributed by atoms with Crippen LogP contribution in [0.4, 0.5) is 11.6 Å². The number of hydrogen-bond acceptors (Lipinski definition) is 5. The lowest BCUT2D eigenvalue weighted by Gasteiger charge is -2.14. The fourth-order valence-electron chi connectivity index (χ4n) is 1.87. The van der Waals surface area contributed by atoms with Crippen molar-refractivity contribution >= 4 is 23.4 Å². The van der Waals surface area contributed by atoms with Crippen LogP contribution in [-0.4, -0.2) is 35.1 Å². The predicted molar refractivity (Wildman–Crippen MR) is 86.3 cm³/mol. The Morgan fingerprint density at radius 2 is 1.74 bits per heavy atom. The molecule has 0 aromatic carbocycles. The molecule has 19 heavy (non-hydrogen) atoms. The molecule has 0 aliphatic rings. The lowest BCUT2D eigenvalue weighted by atomic mass is 10.1. The van der Waals surface area contributed by atoms with Crippen LogP contribution in [0.3, 0.4) is 0 Å². The molecule has 2 N–H and O–H groups in total. The van der Waals surface area contributed by atoms with Crippen LogP contribution in [0.2, 0.25) is 0 Å². The highest BCUT2D eigenvalue weighted by atomic mass is 32.2. The average molecular weight is 282 g/mol. The van der Waals surface area contributed by atoms with Crippen LogP contribution in [0.15, 0.2) is 6.33 Å². The van der Waals surface area contributed by atoms with E-state index in [4.69, 9.17) is 0 Å². The van der Waals surface area contributed by atoms with Crippen molar-refractivity contribution in [2.45, 2.75) is 39.5 Å². The van der Waals surface area contributed by atoms with Crippen LogP contribution in [-0.2, 0) is 6.42 Å². The number of thioether (sulfide) groups is 1. The number of hydrogen-bond donors (Lipinski definition) is 2. The Balaban J connectivity index is 2.71. The van der Waals surface area contributed by atoms with Crippen molar-refractivity contribution in [3.8, 4) is 0 Å². The molecule has 1 aromatic rings. The minimum absolute atomic E-state index is 0.958. The van der Waals surface area contributed by atoms with Gasteiger partial charge in [0.15, 0.2) is 0 Å². The number of anilines is 2. The summed E-state index contributed by atoms with van der Waals surface area (Å²) in [6, 6.07) is 0. The molecule has 0 atom stereocenters. The summed E-state index contributed by atoms with van der Waals surface area (Å²) in [6.45, 7) is 6.28. The number of nitrogens with one attached hydrogen (secondary N) is 2. The highest BCUT2D eigenvalue weighted by molar-refractivity contribution is 7.98. The Hall–Kier alpha value is -0.970. The molecule has 0 spiro atoms. The summed E-state index contributed by atoms with van der Waals surface area (Å²) in [5, 5.41) is 6.84. The molecule has 0 saturated heterocycles. The van der Waals surface area contributed by atoms with Crippen LogP contribution in [0.1, 0.15) is 38.7 Å². The zero-order chi connectivity index (χ0) is 13.9. The lowest BCUT2D eigenvalue weighted by molar-refractivity contribution is 0.881. The summed E-state index contributed by atoms with van der Waals surface area (Å²) in [4.78, 5) is 8.77. The largest absolute Gasteiger partial charge is 0.370 e. The number of nitrogens with zero attached hydrogens (tertiary/aromatic N) is 2. The molecule has 1 aromatic heterocycles.